The number of piperazine rings is 1. The Kier molecular flexibility index (Phi) is 10.5. The minimum absolute atomic E-state index is 0.0176. The number of nitrogens with zero attached hydrogens (tertiary/aromatic N) is 7. The first-order chi connectivity index (χ1) is 30.4. The van der Waals surface area contributed by atoms with Gasteiger partial charge in [-0.1, -0.05) is 55.4 Å². The first kappa shape index (κ1) is 40.8. The van der Waals surface area contributed by atoms with Crippen LogP contribution in [0.2, 0.25) is 0 Å². The molecular weight excluding hydrogens is 837 g/mol. The number of para-hydroxylation sites is 1. The van der Waals surface area contributed by atoms with Gasteiger partial charge in [0.1, 0.15) is 22.5 Å². The molecule has 7 aromatic rings. The summed E-state index contributed by atoms with van der Waals surface area (Å²) in [7, 11) is 0. The van der Waals surface area contributed by atoms with E-state index in [1.54, 1.807) is 29.5 Å². The van der Waals surface area contributed by atoms with Crippen LogP contribution in [0, 0.1) is 12.8 Å². The number of likely N-dealkylation sites (tertiary alicyclic amines) is 2. The zero-order valence-electron chi connectivity index (χ0n) is 35.1. The number of aromatic nitrogens is 4. The first-order valence-corrected chi connectivity index (χ1v) is 22.9. The molecule has 10 rings (SSSR count). The second-order valence-corrected chi connectivity index (χ2v) is 19.1. The largest absolute Gasteiger partial charge is 0.507 e. The van der Waals surface area contributed by atoms with Gasteiger partial charge in [0.2, 0.25) is 11.8 Å². The molecule has 2 bridgehead atoms. The number of hydrogen-bond donors (Lipinski definition) is 3. The third-order valence-corrected chi connectivity index (χ3v) is 14.9. The number of benzene rings is 3. The number of carbonyl (C=O) groups is 3. The molecule has 3 aliphatic heterocycles. The number of phenolic OH excluding ortho intramolecular Hbond substituents is 1. The third-order valence-electron chi connectivity index (χ3n) is 12.9. The van der Waals surface area contributed by atoms with E-state index in [4.69, 9.17) is 4.52 Å². The van der Waals surface area contributed by atoms with Gasteiger partial charge in [-0.15, -0.1) is 32.9 Å². The van der Waals surface area contributed by atoms with Crippen LogP contribution in [-0.2, 0) is 9.59 Å². The summed E-state index contributed by atoms with van der Waals surface area (Å²) < 4.78 is 6.92. The second kappa shape index (κ2) is 16.2. The highest BCUT2D eigenvalue weighted by Gasteiger charge is 2.48. The van der Waals surface area contributed by atoms with Gasteiger partial charge in [-0.3, -0.25) is 14.4 Å². The molecule has 3 N–H and O–H groups in total. The third kappa shape index (κ3) is 7.38. The smallest absolute Gasteiger partial charge is 0.254 e. The van der Waals surface area contributed by atoms with E-state index < -0.39 is 18.1 Å². The van der Waals surface area contributed by atoms with Crippen molar-refractivity contribution in [3.63, 3.8) is 0 Å². The monoisotopic (exact) mass is 882 g/mol. The van der Waals surface area contributed by atoms with Crippen molar-refractivity contribution in [1.82, 2.24) is 35.5 Å². The lowest BCUT2D eigenvalue weighted by Gasteiger charge is -2.34. The molecular formula is C47H46N8O6S2. The van der Waals surface area contributed by atoms with Gasteiger partial charge >= 0.3 is 0 Å². The molecule has 16 heteroatoms. The Morgan fingerprint density at radius 2 is 1.70 bits per heavy atom. The Bertz CT molecular complexity index is 2890. The predicted octanol–water partition coefficient (Wildman–Crippen LogP) is 7.32. The molecule has 3 aliphatic rings. The topological polar surface area (TPSA) is 178 Å². The summed E-state index contributed by atoms with van der Waals surface area (Å²) in [5.41, 5.74) is 6.53. The minimum Gasteiger partial charge on any atom is -0.507 e. The molecule has 14 nitrogen and oxygen atoms in total. The van der Waals surface area contributed by atoms with Crippen LogP contribution in [0.5, 0.6) is 5.75 Å². The summed E-state index contributed by atoms with van der Waals surface area (Å²) in [6.45, 7) is 8.88. The van der Waals surface area contributed by atoms with Gasteiger partial charge in [0.25, 0.3) is 5.91 Å². The van der Waals surface area contributed by atoms with Crippen LogP contribution in [-0.4, -0.2) is 102 Å². The van der Waals surface area contributed by atoms with Crippen LogP contribution < -0.4 is 10.2 Å². The molecule has 4 aromatic heterocycles. The molecule has 322 valence electrons. The lowest BCUT2D eigenvalue weighted by atomic mass is 9.91. The predicted molar refractivity (Wildman–Crippen MR) is 242 cm³/mol. The molecule has 6 atom stereocenters. The molecule has 0 aliphatic carbocycles. The van der Waals surface area contributed by atoms with E-state index in [9.17, 15) is 24.6 Å². The van der Waals surface area contributed by atoms with E-state index in [1.165, 1.54) is 16.2 Å². The van der Waals surface area contributed by atoms with Crippen LogP contribution in [0.4, 0.5) is 5.82 Å². The summed E-state index contributed by atoms with van der Waals surface area (Å²) >= 11 is 3.10. The van der Waals surface area contributed by atoms with Gasteiger partial charge in [0.15, 0.2) is 11.6 Å². The van der Waals surface area contributed by atoms with E-state index in [0.29, 0.717) is 41.5 Å². The summed E-state index contributed by atoms with van der Waals surface area (Å²) in [5, 5.41) is 39.3. The van der Waals surface area contributed by atoms with E-state index in [1.807, 2.05) is 98.8 Å². The van der Waals surface area contributed by atoms with Gasteiger partial charge in [-0.2, -0.15) is 0 Å². The maximum Gasteiger partial charge on any atom is 0.254 e. The average Bonchev–Trinajstić information content (AvgIpc) is 4.15. The zero-order valence-corrected chi connectivity index (χ0v) is 36.8. The number of aryl methyl sites for hydroxylation is 1. The maximum absolute atomic E-state index is 14.4. The molecule has 3 saturated heterocycles. The number of β-amino-alcohol motifs (C(OH)–C–C–N with tert-alkyl or cyclic N) is 1. The van der Waals surface area contributed by atoms with Crippen LogP contribution in [0.3, 0.4) is 0 Å². The van der Waals surface area contributed by atoms with Crippen molar-refractivity contribution < 1.29 is 29.1 Å². The Balaban J connectivity index is 0.808. The van der Waals surface area contributed by atoms with Gasteiger partial charge in [0, 0.05) is 58.7 Å². The second-order valence-electron chi connectivity index (χ2n) is 17.3. The van der Waals surface area contributed by atoms with Crippen LogP contribution in [0.1, 0.15) is 72.9 Å². The summed E-state index contributed by atoms with van der Waals surface area (Å²) in [6.07, 6.45) is 0.0781. The fourth-order valence-electron chi connectivity index (χ4n) is 9.58. The number of hydrogen-bond acceptors (Lipinski definition) is 13. The maximum atomic E-state index is 14.4. The summed E-state index contributed by atoms with van der Waals surface area (Å²) in [5.74, 6) is -0.443. The SMILES string of the molecule is Cc1ncsc1-c1ccc([C@H](C)NC(=O)[C@@H]2C[C@@H](O)CN2C(=O)[C@@H](c2cc(N3C[C@H]4C[C@@H]3CN4C(=O)c3ccc4sc5nnc(-c6ccccc6O)cc5c4c3)no2)C(C)C)cc1. The number of fused-ring (bicyclic) bond motifs is 5. The Morgan fingerprint density at radius 1 is 0.889 bits per heavy atom. The fourth-order valence-corrected chi connectivity index (χ4v) is 11.4. The number of rotatable bonds is 10. The number of thiazole rings is 1. The van der Waals surface area contributed by atoms with Crippen LogP contribution >= 0.6 is 22.7 Å². The average molecular weight is 883 g/mol. The van der Waals surface area contributed by atoms with Crippen molar-refractivity contribution in [1.29, 1.82) is 0 Å². The molecule has 0 spiro atoms. The Hall–Kier alpha value is -6.23. The van der Waals surface area contributed by atoms with Crippen molar-refractivity contribution in [3.05, 3.63) is 107 Å². The Labute approximate surface area is 371 Å². The van der Waals surface area contributed by atoms with Gasteiger partial charge in [0.05, 0.1) is 46.0 Å². The van der Waals surface area contributed by atoms with E-state index >= 15 is 0 Å². The van der Waals surface area contributed by atoms with Crippen LogP contribution in [0.25, 0.3) is 42.0 Å². The van der Waals surface area contributed by atoms with Crippen molar-refractivity contribution in [2.24, 2.45) is 5.92 Å². The van der Waals surface area contributed by atoms with E-state index in [-0.39, 0.29) is 60.5 Å². The molecule has 3 aromatic carbocycles. The Morgan fingerprint density at radius 3 is 2.43 bits per heavy atom. The van der Waals surface area contributed by atoms with Gasteiger partial charge in [-0.25, -0.2) is 4.98 Å². The number of thiophene rings is 1. The molecule has 0 unspecified atom stereocenters. The number of anilines is 1. The number of aliphatic hydroxyl groups is 1. The number of nitrogens with one attached hydrogen (secondary N) is 1. The standard InChI is InChI=1S/C47H46N8O6S2/c1-24(2)42(47(60)55-22-32(56)17-37(55)44(58)49-25(3)27-9-11-28(12-10-27)43-26(4)48-23-62-43)39-19-41(52-61-39)53-20-31-16-30(53)21-54(31)46(59)29-13-14-40-34(15-29)35-18-36(50-51-45(35)63-40)33-7-5-6-8-38(33)57/h5-15,18-19,23-25,30-32,37,42,56-57H,16-17,20-22H2,1-4H3,(H,49,58)/t25-,30+,31+,32+,37-,42+/m0/s1. The molecule has 3 amide bonds. The highest BCUT2D eigenvalue weighted by molar-refractivity contribution is 7.25. The number of carbonyl (C=O) groups excluding carboxylic acids is 3. The molecule has 3 fully saturated rings. The molecule has 0 radical (unpaired) electrons. The number of aliphatic hydroxyl groups excluding tert-OH is 1. The quantitative estimate of drug-likeness (QED) is 0.125. The highest BCUT2D eigenvalue weighted by atomic mass is 32.1. The van der Waals surface area contributed by atoms with Crippen molar-refractivity contribution in [2.45, 2.75) is 76.7 Å². The molecule has 7 heterocycles. The van der Waals surface area contributed by atoms with Crippen molar-refractivity contribution in [3.8, 4) is 27.4 Å². The lowest BCUT2D eigenvalue weighted by Crippen LogP contribution is -2.49. The normalized spacial score (nSPS) is 20.6. The first-order valence-electron chi connectivity index (χ1n) is 21.2. The number of amides is 3. The van der Waals surface area contributed by atoms with Gasteiger partial charge < -0.3 is 34.8 Å². The number of aromatic hydroxyl groups is 1. The van der Waals surface area contributed by atoms with Gasteiger partial charge in [-0.05, 0) is 73.7 Å². The van der Waals surface area contributed by atoms with E-state index in [2.05, 4.69) is 30.6 Å². The minimum atomic E-state index is -0.843. The number of phenols is 1. The molecule has 0 saturated carbocycles. The summed E-state index contributed by atoms with van der Waals surface area (Å²) in [6, 6.07) is 23.4. The highest BCUT2D eigenvalue weighted by Crippen LogP contribution is 2.40. The summed E-state index contributed by atoms with van der Waals surface area (Å²) in [4.78, 5) is 54.1. The van der Waals surface area contributed by atoms with Crippen molar-refractivity contribution in [2.75, 3.05) is 24.5 Å². The van der Waals surface area contributed by atoms with E-state index in [0.717, 1.165) is 48.4 Å². The van der Waals surface area contributed by atoms with Crippen LogP contribution in [0.15, 0.2) is 88.9 Å². The zero-order chi connectivity index (χ0) is 43.7. The van der Waals surface area contributed by atoms with Crippen molar-refractivity contribution >= 4 is 66.5 Å². The fraction of sp³-hybridized carbons (Fsp3) is 0.340. The lowest BCUT2D eigenvalue weighted by molar-refractivity contribution is -0.141. The molecule has 63 heavy (non-hydrogen) atoms.